The van der Waals surface area contributed by atoms with Crippen LogP contribution < -0.4 is 16.4 Å². The van der Waals surface area contributed by atoms with Gasteiger partial charge in [0.1, 0.15) is 11.3 Å². The van der Waals surface area contributed by atoms with Crippen LogP contribution in [0, 0.1) is 0 Å². The monoisotopic (exact) mass is 466 g/mol. The molecule has 0 saturated carbocycles. The SMILES string of the molecule is CN(C)CCCNC(=O)c1ccc2c(c1)S/C(=C(/C(N)=O)c1nccc(C(F)(F)F)n1)N2. The summed E-state index contributed by atoms with van der Waals surface area (Å²) in [5.74, 6) is -1.67. The summed E-state index contributed by atoms with van der Waals surface area (Å²) in [6, 6.07) is 5.60. The minimum atomic E-state index is -4.70. The summed E-state index contributed by atoms with van der Waals surface area (Å²) < 4.78 is 39.0. The first-order valence-electron chi connectivity index (χ1n) is 9.53. The highest BCUT2D eigenvalue weighted by molar-refractivity contribution is 8.04. The van der Waals surface area contributed by atoms with E-state index in [0.29, 0.717) is 28.8 Å². The van der Waals surface area contributed by atoms with Gasteiger partial charge in [-0.2, -0.15) is 13.2 Å². The van der Waals surface area contributed by atoms with E-state index in [4.69, 9.17) is 5.73 Å². The number of thioether (sulfide) groups is 1. The van der Waals surface area contributed by atoms with Gasteiger partial charge in [0, 0.05) is 23.2 Å². The van der Waals surface area contributed by atoms with Gasteiger partial charge in [0.25, 0.3) is 11.8 Å². The number of amides is 2. The van der Waals surface area contributed by atoms with Gasteiger partial charge >= 0.3 is 6.18 Å². The van der Waals surface area contributed by atoms with E-state index in [-0.39, 0.29) is 16.5 Å². The number of alkyl halides is 3. The van der Waals surface area contributed by atoms with Crippen LogP contribution >= 0.6 is 11.8 Å². The first kappa shape index (κ1) is 23.5. The normalized spacial score (nSPS) is 14.7. The Kier molecular flexibility index (Phi) is 7.04. The molecule has 0 saturated heterocycles. The molecule has 2 heterocycles. The van der Waals surface area contributed by atoms with Crippen molar-refractivity contribution < 1.29 is 22.8 Å². The molecule has 0 unspecified atom stereocenters. The molecular formula is C20H21F3N6O2S. The standard InChI is InChI=1S/C20H21F3N6O2S/c1-29(2)9-3-7-26-18(31)11-4-5-12-13(10-11)32-19(27-12)15(16(24)30)17-25-8-6-14(28-17)20(21,22)23/h4-6,8,10,27H,3,7,9H2,1-2H3,(H2,24,30)(H,26,31)/b19-15-. The third-order valence-corrected chi connectivity index (χ3v) is 5.48. The maximum atomic E-state index is 13.0. The molecule has 1 aliphatic rings. The Morgan fingerprint density at radius 3 is 2.66 bits per heavy atom. The van der Waals surface area contributed by atoms with E-state index in [1.807, 2.05) is 19.0 Å². The number of halogens is 3. The van der Waals surface area contributed by atoms with E-state index in [1.54, 1.807) is 18.2 Å². The molecule has 2 aromatic rings. The number of anilines is 1. The van der Waals surface area contributed by atoms with E-state index in [1.165, 1.54) is 0 Å². The van der Waals surface area contributed by atoms with Gasteiger partial charge < -0.3 is 21.3 Å². The Hall–Kier alpha value is -3.12. The van der Waals surface area contributed by atoms with Gasteiger partial charge in [-0.25, -0.2) is 9.97 Å². The Labute approximate surface area is 186 Å². The highest BCUT2D eigenvalue weighted by Crippen LogP contribution is 2.44. The zero-order valence-corrected chi connectivity index (χ0v) is 18.1. The van der Waals surface area contributed by atoms with Gasteiger partial charge in [0.05, 0.1) is 10.7 Å². The third-order valence-electron chi connectivity index (χ3n) is 4.41. The fourth-order valence-corrected chi connectivity index (χ4v) is 3.97. The van der Waals surface area contributed by atoms with Gasteiger partial charge in [-0.1, -0.05) is 11.8 Å². The molecule has 0 atom stereocenters. The van der Waals surface area contributed by atoms with Crippen LogP contribution in [0.4, 0.5) is 18.9 Å². The number of hydrogen-bond acceptors (Lipinski definition) is 7. The summed E-state index contributed by atoms with van der Waals surface area (Å²) in [4.78, 5) is 34.3. The summed E-state index contributed by atoms with van der Waals surface area (Å²) in [7, 11) is 3.89. The van der Waals surface area contributed by atoms with Crippen molar-refractivity contribution in [1.29, 1.82) is 0 Å². The minimum absolute atomic E-state index is 0.190. The molecular weight excluding hydrogens is 445 g/mol. The highest BCUT2D eigenvalue weighted by atomic mass is 32.2. The van der Waals surface area contributed by atoms with Crippen molar-refractivity contribution in [3.05, 3.63) is 52.6 Å². The first-order chi connectivity index (χ1) is 15.1. The van der Waals surface area contributed by atoms with Crippen molar-refractivity contribution in [1.82, 2.24) is 20.2 Å². The third kappa shape index (κ3) is 5.56. The largest absolute Gasteiger partial charge is 0.433 e. The minimum Gasteiger partial charge on any atom is -0.365 e. The smallest absolute Gasteiger partial charge is 0.365 e. The second kappa shape index (κ2) is 9.57. The zero-order chi connectivity index (χ0) is 23.5. The van der Waals surface area contributed by atoms with Crippen LogP contribution in [0.5, 0.6) is 0 Å². The van der Waals surface area contributed by atoms with Crippen LogP contribution in [0.3, 0.4) is 0 Å². The van der Waals surface area contributed by atoms with Gasteiger partial charge in [0.2, 0.25) is 0 Å². The van der Waals surface area contributed by atoms with Crippen molar-refractivity contribution in [2.75, 3.05) is 32.5 Å². The number of benzene rings is 1. The molecule has 1 aromatic heterocycles. The number of rotatable bonds is 7. The maximum absolute atomic E-state index is 13.0. The Balaban J connectivity index is 1.83. The number of aromatic nitrogens is 2. The van der Waals surface area contributed by atoms with E-state index < -0.39 is 23.6 Å². The van der Waals surface area contributed by atoms with E-state index in [9.17, 15) is 22.8 Å². The summed E-state index contributed by atoms with van der Waals surface area (Å²) >= 11 is 1.06. The zero-order valence-electron chi connectivity index (χ0n) is 17.3. The summed E-state index contributed by atoms with van der Waals surface area (Å²) in [5.41, 5.74) is 4.98. The van der Waals surface area contributed by atoms with Crippen LogP contribution in [0.1, 0.15) is 28.3 Å². The van der Waals surface area contributed by atoms with Crippen molar-refractivity contribution >= 4 is 34.8 Å². The van der Waals surface area contributed by atoms with Gasteiger partial charge in [0.15, 0.2) is 5.82 Å². The van der Waals surface area contributed by atoms with E-state index in [0.717, 1.165) is 30.9 Å². The number of carbonyl (C=O) groups excluding carboxylic acids is 2. The van der Waals surface area contributed by atoms with Gasteiger partial charge in [-0.3, -0.25) is 9.59 Å². The van der Waals surface area contributed by atoms with Gasteiger partial charge in [-0.15, -0.1) is 0 Å². The fraction of sp³-hybridized carbons (Fsp3) is 0.300. The Bertz CT molecular complexity index is 1070. The summed E-state index contributed by atoms with van der Waals surface area (Å²) in [6.07, 6.45) is -2.98. The first-order valence-corrected chi connectivity index (χ1v) is 10.3. The molecule has 0 bridgehead atoms. The molecule has 0 spiro atoms. The molecule has 0 fully saturated rings. The average molecular weight is 466 g/mol. The lowest BCUT2D eigenvalue weighted by atomic mass is 10.2. The van der Waals surface area contributed by atoms with Crippen LogP contribution in [-0.2, 0) is 11.0 Å². The number of carbonyl (C=O) groups is 2. The maximum Gasteiger partial charge on any atom is 0.433 e. The van der Waals surface area contributed by atoms with Crippen LogP contribution in [-0.4, -0.2) is 53.9 Å². The van der Waals surface area contributed by atoms with Crippen LogP contribution in [0.15, 0.2) is 40.4 Å². The van der Waals surface area contributed by atoms with Crippen molar-refractivity contribution in [3.8, 4) is 0 Å². The number of fused-ring (bicyclic) bond motifs is 1. The molecule has 4 N–H and O–H groups in total. The second-order valence-electron chi connectivity index (χ2n) is 7.18. The number of primary amides is 1. The molecule has 1 aromatic carbocycles. The quantitative estimate of drug-likeness (QED) is 0.425. The number of nitrogens with one attached hydrogen (secondary N) is 2. The van der Waals surface area contributed by atoms with Crippen LogP contribution in [0.2, 0.25) is 0 Å². The second-order valence-corrected chi connectivity index (χ2v) is 8.23. The fourth-order valence-electron chi connectivity index (χ4n) is 2.88. The number of hydrogen-bond donors (Lipinski definition) is 3. The molecule has 12 heteroatoms. The molecule has 1 aliphatic heterocycles. The lowest BCUT2D eigenvalue weighted by molar-refractivity contribution is -0.141. The number of nitrogens with two attached hydrogens (primary N) is 1. The Morgan fingerprint density at radius 2 is 2.00 bits per heavy atom. The molecule has 3 rings (SSSR count). The lowest BCUT2D eigenvalue weighted by Crippen LogP contribution is -2.27. The average Bonchev–Trinajstić information content (AvgIpc) is 3.12. The van der Waals surface area contributed by atoms with E-state index in [2.05, 4.69) is 20.6 Å². The molecule has 0 aliphatic carbocycles. The summed E-state index contributed by atoms with van der Waals surface area (Å²) in [6.45, 7) is 1.36. The molecule has 170 valence electrons. The highest BCUT2D eigenvalue weighted by Gasteiger charge is 2.34. The van der Waals surface area contributed by atoms with E-state index >= 15 is 0 Å². The number of nitrogens with zero attached hydrogens (tertiary/aromatic N) is 3. The predicted octanol–water partition coefficient (Wildman–Crippen LogP) is 2.55. The Morgan fingerprint density at radius 1 is 1.25 bits per heavy atom. The van der Waals surface area contributed by atoms with Crippen LogP contribution in [0.25, 0.3) is 5.57 Å². The topological polar surface area (TPSA) is 113 Å². The molecule has 32 heavy (non-hydrogen) atoms. The predicted molar refractivity (Wildman–Crippen MR) is 115 cm³/mol. The summed E-state index contributed by atoms with van der Waals surface area (Å²) in [5, 5.41) is 5.97. The molecule has 2 amide bonds. The van der Waals surface area contributed by atoms with Gasteiger partial charge in [-0.05, 0) is 51.3 Å². The molecule has 0 radical (unpaired) electrons. The van der Waals surface area contributed by atoms with Crippen molar-refractivity contribution in [3.63, 3.8) is 0 Å². The molecule has 8 nitrogen and oxygen atoms in total. The van der Waals surface area contributed by atoms with Crippen molar-refractivity contribution in [2.45, 2.75) is 17.5 Å². The lowest BCUT2D eigenvalue weighted by Gasteiger charge is -2.10. The van der Waals surface area contributed by atoms with Crippen molar-refractivity contribution in [2.24, 2.45) is 5.73 Å².